The molecule has 1 saturated heterocycles. The van der Waals surface area contributed by atoms with Crippen LogP contribution < -0.4 is 10.1 Å². The Morgan fingerprint density at radius 3 is 2.84 bits per heavy atom. The zero-order chi connectivity index (χ0) is 13.7. The predicted octanol–water partition coefficient (Wildman–Crippen LogP) is 1.69. The molecule has 0 radical (unpaired) electrons. The number of benzene rings is 1. The second kappa shape index (κ2) is 6.50. The van der Waals surface area contributed by atoms with Crippen LogP contribution in [0, 0.1) is 17.1 Å². The van der Waals surface area contributed by atoms with E-state index in [1.165, 1.54) is 19.2 Å². The summed E-state index contributed by atoms with van der Waals surface area (Å²) in [6.45, 7) is 3.58. The Kier molecular flexibility index (Phi) is 4.72. The van der Waals surface area contributed by atoms with E-state index in [1.54, 1.807) is 6.07 Å². The smallest absolute Gasteiger partial charge is 0.126 e. The average Bonchev–Trinajstić information content (AvgIpc) is 2.46. The first-order valence-electron chi connectivity index (χ1n) is 6.41. The molecule has 0 saturated carbocycles. The molecule has 0 aliphatic carbocycles. The summed E-state index contributed by atoms with van der Waals surface area (Å²) in [5, 5.41) is 12.3. The molecule has 1 fully saturated rings. The number of nitriles is 1. The lowest BCUT2D eigenvalue weighted by molar-refractivity contribution is 0.172. The van der Waals surface area contributed by atoms with Crippen molar-refractivity contribution in [1.29, 1.82) is 5.26 Å². The summed E-state index contributed by atoms with van der Waals surface area (Å²) in [6.07, 6.45) is 0.377. The van der Waals surface area contributed by atoms with Crippen molar-refractivity contribution in [1.82, 2.24) is 10.2 Å². The van der Waals surface area contributed by atoms with Gasteiger partial charge in [-0.15, -0.1) is 0 Å². The van der Waals surface area contributed by atoms with Crippen molar-refractivity contribution in [2.75, 3.05) is 33.3 Å². The maximum atomic E-state index is 13.3. The van der Waals surface area contributed by atoms with Gasteiger partial charge >= 0.3 is 0 Å². The maximum absolute atomic E-state index is 13.3. The first kappa shape index (κ1) is 13.8. The lowest BCUT2D eigenvalue weighted by atomic mass is 10.0. The zero-order valence-electron chi connectivity index (χ0n) is 11.0. The second-order valence-electron chi connectivity index (χ2n) is 4.55. The Labute approximate surface area is 112 Å². The van der Waals surface area contributed by atoms with Gasteiger partial charge in [0.1, 0.15) is 11.6 Å². The molecule has 1 heterocycles. The van der Waals surface area contributed by atoms with Crippen molar-refractivity contribution in [3.05, 3.63) is 29.6 Å². The highest BCUT2D eigenvalue weighted by Gasteiger charge is 2.24. The summed E-state index contributed by atoms with van der Waals surface area (Å²) in [7, 11) is 1.53. The summed E-state index contributed by atoms with van der Waals surface area (Å²) in [4.78, 5) is 2.25. The van der Waals surface area contributed by atoms with Crippen LogP contribution in [0.2, 0.25) is 0 Å². The fraction of sp³-hybridized carbons (Fsp3) is 0.500. The van der Waals surface area contributed by atoms with E-state index in [4.69, 9.17) is 10.00 Å². The molecule has 102 valence electrons. The standard InChI is InChI=1S/C14H18FN3O/c1-19-14-10-11(15)2-3-12(14)13(4-5-16)18-8-6-17-7-9-18/h2-3,10,13,17H,4,6-9H2,1H3/t13-/m0/s1. The summed E-state index contributed by atoms with van der Waals surface area (Å²) in [5.41, 5.74) is 0.882. The molecule has 0 spiro atoms. The fourth-order valence-electron chi connectivity index (χ4n) is 2.48. The molecular weight excluding hydrogens is 245 g/mol. The van der Waals surface area contributed by atoms with Crippen LogP contribution in [0.25, 0.3) is 0 Å². The topological polar surface area (TPSA) is 48.3 Å². The number of piperazine rings is 1. The molecule has 1 aromatic carbocycles. The van der Waals surface area contributed by atoms with Crippen molar-refractivity contribution >= 4 is 0 Å². The molecule has 2 rings (SSSR count). The normalized spacial score (nSPS) is 17.7. The zero-order valence-corrected chi connectivity index (χ0v) is 11.0. The number of ether oxygens (including phenoxy) is 1. The number of halogens is 1. The highest BCUT2D eigenvalue weighted by atomic mass is 19.1. The van der Waals surface area contributed by atoms with Gasteiger partial charge in [-0.3, -0.25) is 4.90 Å². The van der Waals surface area contributed by atoms with E-state index in [0.29, 0.717) is 12.2 Å². The Morgan fingerprint density at radius 2 is 2.21 bits per heavy atom. The third kappa shape index (κ3) is 3.22. The molecule has 1 atom stereocenters. The van der Waals surface area contributed by atoms with Gasteiger partial charge in [0, 0.05) is 37.8 Å². The van der Waals surface area contributed by atoms with Crippen molar-refractivity contribution in [2.24, 2.45) is 0 Å². The minimum Gasteiger partial charge on any atom is -0.496 e. The molecule has 1 aromatic rings. The van der Waals surface area contributed by atoms with Gasteiger partial charge in [-0.1, -0.05) is 6.07 Å². The van der Waals surface area contributed by atoms with Crippen LogP contribution in [0.1, 0.15) is 18.0 Å². The Bertz CT molecular complexity index is 466. The van der Waals surface area contributed by atoms with Crippen LogP contribution in [-0.4, -0.2) is 38.2 Å². The summed E-state index contributed by atoms with van der Waals surface area (Å²) < 4.78 is 18.5. The minimum atomic E-state index is -0.323. The van der Waals surface area contributed by atoms with Crippen LogP contribution in [-0.2, 0) is 0 Å². The van der Waals surface area contributed by atoms with Gasteiger partial charge in [0.15, 0.2) is 0 Å². The van der Waals surface area contributed by atoms with Crippen molar-refractivity contribution in [2.45, 2.75) is 12.5 Å². The van der Waals surface area contributed by atoms with Crippen molar-refractivity contribution < 1.29 is 9.13 Å². The molecule has 5 heteroatoms. The molecule has 1 N–H and O–H groups in total. The molecule has 19 heavy (non-hydrogen) atoms. The minimum absolute atomic E-state index is 0.0392. The molecular formula is C14H18FN3O. The second-order valence-corrected chi connectivity index (χ2v) is 4.55. The van der Waals surface area contributed by atoms with Gasteiger partial charge in [0.25, 0.3) is 0 Å². The molecule has 1 aliphatic rings. The molecule has 0 unspecified atom stereocenters. The van der Waals surface area contributed by atoms with E-state index in [-0.39, 0.29) is 11.9 Å². The first-order valence-corrected chi connectivity index (χ1v) is 6.41. The fourth-order valence-corrected chi connectivity index (χ4v) is 2.48. The third-order valence-electron chi connectivity index (χ3n) is 3.43. The summed E-state index contributed by atoms with van der Waals surface area (Å²) >= 11 is 0. The first-order chi connectivity index (χ1) is 9.26. The largest absolute Gasteiger partial charge is 0.496 e. The van der Waals surface area contributed by atoms with Crippen LogP contribution >= 0.6 is 0 Å². The van der Waals surface area contributed by atoms with E-state index >= 15 is 0 Å². The Hall–Kier alpha value is -1.64. The van der Waals surface area contributed by atoms with E-state index in [2.05, 4.69) is 16.3 Å². The number of hydrogen-bond donors (Lipinski definition) is 1. The summed E-state index contributed by atoms with van der Waals surface area (Å²) in [6, 6.07) is 6.70. The van der Waals surface area contributed by atoms with Crippen LogP contribution in [0.15, 0.2) is 18.2 Å². The van der Waals surface area contributed by atoms with Crippen LogP contribution in [0.5, 0.6) is 5.75 Å². The highest BCUT2D eigenvalue weighted by molar-refractivity contribution is 5.37. The number of rotatable bonds is 4. The molecule has 0 amide bonds. The van der Waals surface area contributed by atoms with Crippen LogP contribution in [0.3, 0.4) is 0 Å². The number of hydrogen-bond acceptors (Lipinski definition) is 4. The van der Waals surface area contributed by atoms with Crippen molar-refractivity contribution in [3.8, 4) is 11.8 Å². The lowest BCUT2D eigenvalue weighted by Gasteiger charge is -2.34. The Morgan fingerprint density at radius 1 is 1.47 bits per heavy atom. The van der Waals surface area contributed by atoms with E-state index in [9.17, 15) is 4.39 Å². The van der Waals surface area contributed by atoms with E-state index in [1.807, 2.05) is 0 Å². The van der Waals surface area contributed by atoms with Gasteiger partial charge in [-0.05, 0) is 6.07 Å². The van der Waals surface area contributed by atoms with Crippen LogP contribution in [0.4, 0.5) is 4.39 Å². The van der Waals surface area contributed by atoms with Gasteiger partial charge in [0.2, 0.25) is 0 Å². The summed E-state index contributed by atoms with van der Waals surface area (Å²) in [5.74, 6) is 0.190. The molecule has 1 aliphatic heterocycles. The van der Waals surface area contributed by atoms with E-state index in [0.717, 1.165) is 31.7 Å². The Balaban J connectivity index is 2.30. The number of methoxy groups -OCH3 is 1. The number of nitrogens with one attached hydrogen (secondary N) is 1. The molecule has 4 nitrogen and oxygen atoms in total. The van der Waals surface area contributed by atoms with Gasteiger partial charge in [-0.2, -0.15) is 5.26 Å². The quantitative estimate of drug-likeness (QED) is 0.898. The predicted molar refractivity (Wildman–Crippen MR) is 70.4 cm³/mol. The third-order valence-corrected chi connectivity index (χ3v) is 3.43. The molecule has 0 aromatic heterocycles. The SMILES string of the molecule is COc1cc(F)ccc1[C@H](CC#N)N1CCNCC1. The maximum Gasteiger partial charge on any atom is 0.126 e. The average molecular weight is 263 g/mol. The van der Waals surface area contributed by atoms with E-state index < -0.39 is 0 Å². The van der Waals surface area contributed by atoms with Gasteiger partial charge in [0.05, 0.1) is 25.6 Å². The monoisotopic (exact) mass is 263 g/mol. The van der Waals surface area contributed by atoms with Gasteiger partial charge < -0.3 is 10.1 Å². The molecule has 0 bridgehead atoms. The number of nitrogens with zero attached hydrogens (tertiary/aromatic N) is 2. The van der Waals surface area contributed by atoms with Gasteiger partial charge in [-0.25, -0.2) is 4.39 Å². The highest BCUT2D eigenvalue weighted by Crippen LogP contribution is 2.32. The van der Waals surface area contributed by atoms with Crippen molar-refractivity contribution in [3.63, 3.8) is 0 Å². The lowest BCUT2D eigenvalue weighted by Crippen LogP contribution is -2.45.